The molecular weight excluding hydrogens is 256 g/mol. The summed E-state index contributed by atoms with van der Waals surface area (Å²) in [6.07, 6.45) is 0. The van der Waals surface area contributed by atoms with Crippen LogP contribution in [-0.4, -0.2) is 29.9 Å². The van der Waals surface area contributed by atoms with E-state index in [1.807, 2.05) is 12.1 Å². The molecule has 0 fully saturated rings. The summed E-state index contributed by atoms with van der Waals surface area (Å²) in [6, 6.07) is 7.24. The molecule has 0 radical (unpaired) electrons. The summed E-state index contributed by atoms with van der Waals surface area (Å²) in [7, 11) is 1.28. The second-order valence-corrected chi connectivity index (χ2v) is 3.86. The van der Waals surface area contributed by atoms with E-state index in [9.17, 15) is 9.59 Å². The number of H-pyrrole nitrogens is 1. The molecule has 1 aromatic heterocycles. The second kappa shape index (κ2) is 5.10. The summed E-state index contributed by atoms with van der Waals surface area (Å²) >= 11 is 5.45. The van der Waals surface area contributed by atoms with Gasteiger partial charge in [-0.1, -0.05) is 18.2 Å². The predicted molar refractivity (Wildman–Crippen MR) is 69.0 cm³/mol. The summed E-state index contributed by atoms with van der Waals surface area (Å²) in [4.78, 5) is 25.9. The standard InChI is InChI=1S/C12H11ClN2O3/c1-18-12(17)11-10(15-9(16)6-13)7-4-2-3-5-8(7)14-11/h2-5,14H,6H2,1H3,(H,15,16). The number of para-hydroxylation sites is 1. The van der Waals surface area contributed by atoms with Crippen molar-refractivity contribution in [2.75, 3.05) is 18.3 Å². The number of hydrogen-bond donors (Lipinski definition) is 2. The highest BCUT2D eigenvalue weighted by atomic mass is 35.5. The van der Waals surface area contributed by atoms with Crippen LogP contribution in [0.15, 0.2) is 24.3 Å². The quantitative estimate of drug-likeness (QED) is 0.660. The first-order valence-electron chi connectivity index (χ1n) is 5.22. The fourth-order valence-corrected chi connectivity index (χ4v) is 1.77. The first-order valence-corrected chi connectivity index (χ1v) is 5.75. The minimum absolute atomic E-state index is 0.180. The molecule has 5 nitrogen and oxygen atoms in total. The summed E-state index contributed by atoms with van der Waals surface area (Å²) in [5, 5.41) is 3.33. The van der Waals surface area contributed by atoms with Gasteiger partial charge in [0.25, 0.3) is 0 Å². The molecular formula is C12H11ClN2O3. The lowest BCUT2D eigenvalue weighted by molar-refractivity contribution is -0.113. The normalized spacial score (nSPS) is 10.3. The van der Waals surface area contributed by atoms with E-state index < -0.39 is 5.97 Å². The Balaban J connectivity index is 2.57. The summed E-state index contributed by atoms with van der Waals surface area (Å²) in [5.41, 5.74) is 1.34. The van der Waals surface area contributed by atoms with Crippen LogP contribution in [0.5, 0.6) is 0 Å². The number of aromatic amines is 1. The molecule has 0 unspecified atom stereocenters. The maximum atomic E-state index is 11.6. The van der Waals surface area contributed by atoms with Crippen LogP contribution < -0.4 is 5.32 Å². The minimum atomic E-state index is -0.545. The Morgan fingerprint density at radius 3 is 2.78 bits per heavy atom. The SMILES string of the molecule is COC(=O)c1[nH]c2ccccc2c1NC(=O)CCl. The maximum Gasteiger partial charge on any atom is 0.356 e. The number of anilines is 1. The van der Waals surface area contributed by atoms with Crippen molar-refractivity contribution in [3.05, 3.63) is 30.0 Å². The Hall–Kier alpha value is -2.01. The average molecular weight is 267 g/mol. The van der Waals surface area contributed by atoms with Crippen LogP contribution in [0.1, 0.15) is 10.5 Å². The van der Waals surface area contributed by atoms with Gasteiger partial charge in [-0.15, -0.1) is 11.6 Å². The van der Waals surface area contributed by atoms with E-state index in [-0.39, 0.29) is 17.5 Å². The molecule has 6 heteroatoms. The van der Waals surface area contributed by atoms with E-state index >= 15 is 0 Å². The van der Waals surface area contributed by atoms with Crippen LogP contribution in [0, 0.1) is 0 Å². The highest BCUT2D eigenvalue weighted by Crippen LogP contribution is 2.28. The molecule has 2 aromatic rings. The van der Waals surface area contributed by atoms with E-state index in [1.165, 1.54) is 7.11 Å². The molecule has 0 saturated carbocycles. The number of carbonyl (C=O) groups excluding carboxylic acids is 2. The third kappa shape index (κ3) is 2.17. The third-order valence-electron chi connectivity index (χ3n) is 2.48. The molecule has 0 saturated heterocycles. The van der Waals surface area contributed by atoms with Crippen molar-refractivity contribution in [2.24, 2.45) is 0 Å². The molecule has 1 heterocycles. The van der Waals surface area contributed by atoms with Crippen LogP contribution >= 0.6 is 11.6 Å². The molecule has 94 valence electrons. The maximum absolute atomic E-state index is 11.6. The van der Waals surface area contributed by atoms with Gasteiger partial charge in [0.1, 0.15) is 11.6 Å². The van der Waals surface area contributed by atoms with Crippen LogP contribution in [0.25, 0.3) is 10.9 Å². The first-order chi connectivity index (χ1) is 8.67. The van der Waals surface area contributed by atoms with Gasteiger partial charge in [0, 0.05) is 10.9 Å². The summed E-state index contributed by atoms with van der Waals surface area (Å²) in [5.74, 6) is -1.11. The fraction of sp³-hybridized carbons (Fsp3) is 0.167. The van der Waals surface area contributed by atoms with Gasteiger partial charge in [-0.2, -0.15) is 0 Å². The predicted octanol–water partition coefficient (Wildman–Crippen LogP) is 2.13. The van der Waals surface area contributed by atoms with E-state index in [2.05, 4.69) is 15.0 Å². The number of esters is 1. The van der Waals surface area contributed by atoms with Crippen molar-refractivity contribution >= 4 is 40.1 Å². The number of rotatable bonds is 3. The van der Waals surface area contributed by atoms with Gasteiger partial charge in [0.2, 0.25) is 5.91 Å². The number of halogens is 1. The highest BCUT2D eigenvalue weighted by molar-refractivity contribution is 6.29. The Kier molecular flexibility index (Phi) is 3.53. The van der Waals surface area contributed by atoms with Crippen LogP contribution in [0.4, 0.5) is 5.69 Å². The number of fused-ring (bicyclic) bond motifs is 1. The number of carbonyl (C=O) groups is 2. The van der Waals surface area contributed by atoms with Crippen molar-refractivity contribution in [1.29, 1.82) is 0 Å². The average Bonchev–Trinajstić information content (AvgIpc) is 2.77. The van der Waals surface area contributed by atoms with Gasteiger partial charge in [-0.3, -0.25) is 4.79 Å². The monoisotopic (exact) mass is 266 g/mol. The Morgan fingerprint density at radius 2 is 2.11 bits per heavy atom. The van der Waals surface area contributed by atoms with E-state index in [0.29, 0.717) is 5.69 Å². The van der Waals surface area contributed by atoms with Gasteiger partial charge in [0.05, 0.1) is 12.8 Å². The van der Waals surface area contributed by atoms with Gasteiger partial charge in [0.15, 0.2) is 0 Å². The number of alkyl halides is 1. The minimum Gasteiger partial charge on any atom is -0.464 e. The molecule has 0 spiro atoms. The van der Waals surface area contributed by atoms with Gasteiger partial charge in [-0.05, 0) is 6.07 Å². The molecule has 1 amide bonds. The first kappa shape index (κ1) is 12.4. The molecule has 2 N–H and O–H groups in total. The number of amides is 1. The topological polar surface area (TPSA) is 71.2 Å². The number of aromatic nitrogens is 1. The van der Waals surface area contributed by atoms with Crippen molar-refractivity contribution in [3.63, 3.8) is 0 Å². The summed E-state index contributed by atoms with van der Waals surface area (Å²) in [6.45, 7) is 0. The fourth-order valence-electron chi connectivity index (χ4n) is 1.70. The molecule has 0 aliphatic heterocycles. The van der Waals surface area contributed by atoms with Gasteiger partial charge < -0.3 is 15.0 Å². The molecule has 0 aliphatic rings. The molecule has 0 aliphatic carbocycles. The lowest BCUT2D eigenvalue weighted by atomic mass is 10.2. The largest absolute Gasteiger partial charge is 0.464 e. The lowest BCUT2D eigenvalue weighted by Crippen LogP contribution is -2.15. The zero-order chi connectivity index (χ0) is 13.1. The Labute approximate surface area is 108 Å². The van der Waals surface area contributed by atoms with Crippen molar-refractivity contribution in [3.8, 4) is 0 Å². The van der Waals surface area contributed by atoms with Crippen LogP contribution in [-0.2, 0) is 9.53 Å². The number of methoxy groups -OCH3 is 1. The number of ether oxygens (including phenoxy) is 1. The van der Waals surface area contributed by atoms with E-state index in [0.717, 1.165) is 10.9 Å². The number of hydrogen-bond acceptors (Lipinski definition) is 3. The molecule has 1 aromatic carbocycles. The zero-order valence-corrected chi connectivity index (χ0v) is 10.4. The molecule has 18 heavy (non-hydrogen) atoms. The van der Waals surface area contributed by atoms with Gasteiger partial charge >= 0.3 is 5.97 Å². The number of nitrogens with one attached hydrogen (secondary N) is 2. The zero-order valence-electron chi connectivity index (χ0n) is 9.62. The molecule has 2 rings (SSSR count). The number of benzene rings is 1. The van der Waals surface area contributed by atoms with E-state index in [1.54, 1.807) is 12.1 Å². The smallest absolute Gasteiger partial charge is 0.356 e. The Bertz CT molecular complexity index is 606. The summed E-state index contributed by atoms with van der Waals surface area (Å²) < 4.78 is 4.67. The third-order valence-corrected chi connectivity index (χ3v) is 2.72. The van der Waals surface area contributed by atoms with Crippen molar-refractivity contribution in [2.45, 2.75) is 0 Å². The lowest BCUT2D eigenvalue weighted by Gasteiger charge is -2.04. The Morgan fingerprint density at radius 1 is 1.39 bits per heavy atom. The van der Waals surface area contributed by atoms with Crippen molar-refractivity contribution in [1.82, 2.24) is 4.98 Å². The second-order valence-electron chi connectivity index (χ2n) is 3.59. The highest BCUT2D eigenvalue weighted by Gasteiger charge is 2.19. The van der Waals surface area contributed by atoms with Gasteiger partial charge in [-0.25, -0.2) is 4.79 Å². The van der Waals surface area contributed by atoms with Crippen LogP contribution in [0.2, 0.25) is 0 Å². The van der Waals surface area contributed by atoms with Crippen LogP contribution in [0.3, 0.4) is 0 Å². The van der Waals surface area contributed by atoms with Crippen molar-refractivity contribution < 1.29 is 14.3 Å². The molecule has 0 atom stereocenters. The molecule has 0 bridgehead atoms. The van der Waals surface area contributed by atoms with E-state index in [4.69, 9.17) is 11.6 Å².